The van der Waals surface area contributed by atoms with Gasteiger partial charge in [-0.2, -0.15) is 0 Å². The Morgan fingerprint density at radius 2 is 2.00 bits per heavy atom. The summed E-state index contributed by atoms with van der Waals surface area (Å²) < 4.78 is 0. The maximum Gasteiger partial charge on any atom is 0.271 e. The lowest BCUT2D eigenvalue weighted by molar-refractivity contribution is 0.0943. The van der Waals surface area contributed by atoms with Crippen LogP contribution >= 0.6 is 11.6 Å². The molecule has 2 rings (SSSR count). The fourth-order valence-electron chi connectivity index (χ4n) is 2.23. The van der Waals surface area contributed by atoms with E-state index in [4.69, 9.17) is 11.6 Å². The van der Waals surface area contributed by atoms with Crippen LogP contribution in [-0.2, 0) is 0 Å². The topological polar surface area (TPSA) is 58.1 Å². The van der Waals surface area contributed by atoms with Crippen LogP contribution in [0.15, 0.2) is 12.4 Å². The first-order chi connectivity index (χ1) is 9.25. The Balaban J connectivity index is 1.74. The molecule has 1 saturated heterocycles. The van der Waals surface area contributed by atoms with E-state index in [0.29, 0.717) is 6.54 Å². The van der Waals surface area contributed by atoms with E-state index in [1.165, 1.54) is 38.1 Å². The molecule has 1 aromatic heterocycles. The first kappa shape index (κ1) is 14.2. The minimum atomic E-state index is -0.218. The van der Waals surface area contributed by atoms with E-state index >= 15 is 0 Å². The highest BCUT2D eigenvalue weighted by molar-refractivity contribution is 6.29. The van der Waals surface area contributed by atoms with Gasteiger partial charge in [-0.15, -0.1) is 0 Å². The fraction of sp³-hybridized carbons (Fsp3) is 0.615. The zero-order valence-electron chi connectivity index (χ0n) is 10.9. The largest absolute Gasteiger partial charge is 0.349 e. The Kier molecular flexibility index (Phi) is 5.54. The maximum atomic E-state index is 11.8. The van der Waals surface area contributed by atoms with E-state index in [1.807, 2.05) is 0 Å². The molecule has 0 atom stereocenters. The van der Waals surface area contributed by atoms with Crippen LogP contribution in [0.25, 0.3) is 0 Å². The molecule has 1 N–H and O–H groups in total. The number of aromatic nitrogens is 2. The molecule has 0 saturated carbocycles. The number of amides is 1. The third-order valence-electron chi connectivity index (χ3n) is 3.25. The molecule has 1 amide bonds. The molecule has 0 unspecified atom stereocenters. The van der Waals surface area contributed by atoms with Crippen molar-refractivity contribution in [3.05, 3.63) is 23.2 Å². The molecule has 1 aliphatic rings. The van der Waals surface area contributed by atoms with E-state index in [1.54, 1.807) is 0 Å². The number of rotatable bonds is 4. The van der Waals surface area contributed by atoms with E-state index < -0.39 is 0 Å². The number of likely N-dealkylation sites (tertiary alicyclic amines) is 1. The van der Waals surface area contributed by atoms with E-state index in [-0.39, 0.29) is 16.8 Å². The van der Waals surface area contributed by atoms with Gasteiger partial charge in [-0.3, -0.25) is 9.78 Å². The molecule has 2 heterocycles. The van der Waals surface area contributed by atoms with Crippen molar-refractivity contribution in [3.8, 4) is 0 Å². The van der Waals surface area contributed by atoms with E-state index in [9.17, 15) is 4.79 Å². The minimum absolute atomic E-state index is 0.218. The molecule has 1 aliphatic heterocycles. The molecule has 0 radical (unpaired) electrons. The summed E-state index contributed by atoms with van der Waals surface area (Å²) in [5.74, 6) is -0.218. The second kappa shape index (κ2) is 7.40. The van der Waals surface area contributed by atoms with Crippen molar-refractivity contribution in [1.82, 2.24) is 20.2 Å². The first-order valence-corrected chi connectivity index (χ1v) is 7.11. The molecule has 0 spiro atoms. The van der Waals surface area contributed by atoms with Crippen molar-refractivity contribution in [3.63, 3.8) is 0 Å². The third kappa shape index (κ3) is 4.76. The van der Waals surface area contributed by atoms with Crippen LogP contribution in [-0.4, -0.2) is 47.0 Å². The second-order valence-corrected chi connectivity index (χ2v) is 5.13. The summed E-state index contributed by atoms with van der Waals surface area (Å²) in [5, 5.41) is 3.09. The average Bonchev–Trinajstić information content (AvgIpc) is 2.67. The van der Waals surface area contributed by atoms with Crippen LogP contribution in [0.5, 0.6) is 0 Å². The lowest BCUT2D eigenvalue weighted by Crippen LogP contribution is -2.35. The number of halogens is 1. The Hall–Kier alpha value is -1.20. The predicted molar refractivity (Wildman–Crippen MR) is 74.3 cm³/mol. The monoisotopic (exact) mass is 282 g/mol. The van der Waals surface area contributed by atoms with Gasteiger partial charge in [0.2, 0.25) is 0 Å². The number of carbonyl (C=O) groups excluding carboxylic acids is 1. The first-order valence-electron chi connectivity index (χ1n) is 6.74. The number of nitrogens with zero attached hydrogens (tertiary/aromatic N) is 3. The Morgan fingerprint density at radius 1 is 1.26 bits per heavy atom. The standard InChI is InChI=1S/C13H19ClN4O/c14-12-10-15-9-11(17-12)13(19)16-5-8-18-6-3-1-2-4-7-18/h9-10H,1-8H2,(H,16,19). The van der Waals surface area contributed by atoms with Gasteiger partial charge in [0.15, 0.2) is 0 Å². The van der Waals surface area contributed by atoms with Gasteiger partial charge in [0.1, 0.15) is 10.8 Å². The molecule has 104 valence electrons. The van der Waals surface area contributed by atoms with Gasteiger partial charge in [0, 0.05) is 13.1 Å². The molecule has 6 heteroatoms. The third-order valence-corrected chi connectivity index (χ3v) is 3.43. The van der Waals surface area contributed by atoms with Crippen molar-refractivity contribution in [2.45, 2.75) is 25.7 Å². The molecule has 0 bridgehead atoms. The zero-order chi connectivity index (χ0) is 13.5. The number of nitrogens with one attached hydrogen (secondary N) is 1. The summed E-state index contributed by atoms with van der Waals surface area (Å²) in [5.41, 5.74) is 0.267. The predicted octanol–water partition coefficient (Wildman–Crippen LogP) is 1.74. The molecule has 0 aromatic carbocycles. The number of hydrogen-bond acceptors (Lipinski definition) is 4. The summed E-state index contributed by atoms with van der Waals surface area (Å²) >= 11 is 5.70. The average molecular weight is 283 g/mol. The van der Waals surface area contributed by atoms with E-state index in [0.717, 1.165) is 19.6 Å². The summed E-state index contributed by atoms with van der Waals surface area (Å²) in [4.78, 5) is 22.0. The van der Waals surface area contributed by atoms with Gasteiger partial charge in [-0.25, -0.2) is 4.98 Å². The van der Waals surface area contributed by atoms with Crippen LogP contribution < -0.4 is 5.32 Å². The highest BCUT2D eigenvalue weighted by Crippen LogP contribution is 2.08. The van der Waals surface area contributed by atoms with Crippen molar-refractivity contribution < 1.29 is 4.79 Å². The molecule has 1 fully saturated rings. The molecule has 19 heavy (non-hydrogen) atoms. The summed E-state index contributed by atoms with van der Waals surface area (Å²) in [6.07, 6.45) is 7.99. The minimum Gasteiger partial charge on any atom is -0.349 e. The normalized spacial score (nSPS) is 16.9. The quantitative estimate of drug-likeness (QED) is 0.914. The number of carbonyl (C=O) groups is 1. The summed E-state index contributed by atoms with van der Waals surface area (Å²) in [6.45, 7) is 3.78. The maximum absolute atomic E-state index is 11.8. The number of hydrogen-bond donors (Lipinski definition) is 1. The van der Waals surface area contributed by atoms with Crippen molar-refractivity contribution in [2.75, 3.05) is 26.2 Å². The van der Waals surface area contributed by atoms with Crippen LogP contribution in [0.3, 0.4) is 0 Å². The van der Waals surface area contributed by atoms with Gasteiger partial charge < -0.3 is 10.2 Å². The molecule has 1 aromatic rings. The lowest BCUT2D eigenvalue weighted by atomic mass is 10.2. The molecule has 0 aliphatic carbocycles. The Bertz CT molecular complexity index is 419. The van der Waals surface area contributed by atoms with Crippen LogP contribution in [0.2, 0.25) is 5.15 Å². The van der Waals surface area contributed by atoms with Gasteiger partial charge in [-0.1, -0.05) is 24.4 Å². The van der Waals surface area contributed by atoms with Crippen LogP contribution in [0.4, 0.5) is 0 Å². The fourth-order valence-corrected chi connectivity index (χ4v) is 2.38. The van der Waals surface area contributed by atoms with Gasteiger partial charge in [-0.05, 0) is 25.9 Å². The molecular weight excluding hydrogens is 264 g/mol. The van der Waals surface area contributed by atoms with Gasteiger partial charge in [0.05, 0.1) is 12.4 Å². The summed E-state index contributed by atoms with van der Waals surface area (Å²) in [7, 11) is 0. The summed E-state index contributed by atoms with van der Waals surface area (Å²) in [6, 6.07) is 0. The van der Waals surface area contributed by atoms with Crippen LogP contribution in [0.1, 0.15) is 36.2 Å². The molecule has 5 nitrogen and oxygen atoms in total. The lowest BCUT2D eigenvalue weighted by Gasteiger charge is -2.19. The van der Waals surface area contributed by atoms with Crippen LogP contribution in [0, 0.1) is 0 Å². The Labute approximate surface area is 118 Å². The van der Waals surface area contributed by atoms with Gasteiger partial charge >= 0.3 is 0 Å². The van der Waals surface area contributed by atoms with E-state index in [2.05, 4.69) is 20.2 Å². The highest BCUT2D eigenvalue weighted by Gasteiger charge is 2.11. The van der Waals surface area contributed by atoms with Crippen molar-refractivity contribution >= 4 is 17.5 Å². The van der Waals surface area contributed by atoms with Crippen molar-refractivity contribution in [1.29, 1.82) is 0 Å². The zero-order valence-corrected chi connectivity index (χ0v) is 11.7. The molecular formula is C13H19ClN4O. The Morgan fingerprint density at radius 3 is 2.68 bits per heavy atom. The van der Waals surface area contributed by atoms with Crippen molar-refractivity contribution in [2.24, 2.45) is 0 Å². The SMILES string of the molecule is O=C(NCCN1CCCCCC1)c1cncc(Cl)n1. The highest BCUT2D eigenvalue weighted by atomic mass is 35.5. The van der Waals surface area contributed by atoms with Gasteiger partial charge in [0.25, 0.3) is 5.91 Å². The smallest absolute Gasteiger partial charge is 0.271 e. The second-order valence-electron chi connectivity index (χ2n) is 4.74.